The molecule has 5 heteroatoms. The number of aromatic hydroxyl groups is 1. The van der Waals surface area contributed by atoms with E-state index >= 15 is 0 Å². The van der Waals surface area contributed by atoms with Crippen LogP contribution in [0, 0.1) is 6.92 Å². The van der Waals surface area contributed by atoms with Crippen LogP contribution in [0.15, 0.2) is 12.1 Å². The number of piperidine rings is 1. The molecule has 20 heavy (non-hydrogen) atoms. The summed E-state index contributed by atoms with van der Waals surface area (Å²) in [6.45, 7) is 4.97. The van der Waals surface area contributed by atoms with Crippen molar-refractivity contribution in [3.63, 3.8) is 0 Å². The van der Waals surface area contributed by atoms with Crippen LogP contribution in [-0.2, 0) is 16.0 Å². The van der Waals surface area contributed by atoms with Gasteiger partial charge < -0.3 is 14.6 Å². The second-order valence-corrected chi connectivity index (χ2v) is 5.56. The molecule has 1 aromatic heterocycles. The smallest absolute Gasteiger partial charge is 0.173 e. The molecule has 110 valence electrons. The van der Waals surface area contributed by atoms with Crippen molar-refractivity contribution in [2.24, 2.45) is 0 Å². The topological polar surface area (TPSA) is 54.8 Å². The van der Waals surface area contributed by atoms with Gasteiger partial charge in [0.1, 0.15) is 5.75 Å². The number of aryl methyl sites for hydroxylation is 1. The Morgan fingerprint density at radius 1 is 1.30 bits per heavy atom. The minimum Gasteiger partial charge on any atom is -0.506 e. The number of nitrogens with zero attached hydrogens (tertiary/aromatic N) is 2. The molecular formula is C15H22N2O3. The summed E-state index contributed by atoms with van der Waals surface area (Å²) in [6.07, 6.45) is 3.34. The van der Waals surface area contributed by atoms with E-state index in [0.29, 0.717) is 19.8 Å². The molecule has 2 fully saturated rings. The maximum atomic E-state index is 9.97. The normalized spacial score (nSPS) is 25.1. The lowest BCUT2D eigenvalue weighted by molar-refractivity contribution is -0.111. The van der Waals surface area contributed by atoms with E-state index in [-0.39, 0.29) is 18.1 Å². The number of likely N-dealkylation sites (tertiary alicyclic amines) is 1. The number of pyridine rings is 1. The molecule has 1 atom stereocenters. The Morgan fingerprint density at radius 2 is 2.10 bits per heavy atom. The molecule has 3 rings (SSSR count). The molecule has 0 saturated carbocycles. The van der Waals surface area contributed by atoms with Gasteiger partial charge in [-0.25, -0.2) is 0 Å². The van der Waals surface area contributed by atoms with Gasteiger partial charge in [-0.05, 0) is 38.4 Å². The van der Waals surface area contributed by atoms with E-state index in [0.717, 1.165) is 24.4 Å². The first-order valence-electron chi connectivity index (χ1n) is 7.37. The molecule has 2 aliphatic heterocycles. The van der Waals surface area contributed by atoms with E-state index in [1.54, 1.807) is 6.07 Å². The molecule has 2 aliphatic rings. The lowest BCUT2D eigenvalue weighted by Crippen LogP contribution is -2.46. The fraction of sp³-hybridized carbons (Fsp3) is 0.667. The van der Waals surface area contributed by atoms with Crippen LogP contribution in [0.2, 0.25) is 0 Å². The maximum Gasteiger partial charge on any atom is 0.173 e. The minimum atomic E-state index is -0.123. The average molecular weight is 278 g/mol. The van der Waals surface area contributed by atoms with Crippen molar-refractivity contribution in [3.8, 4) is 5.75 Å². The van der Waals surface area contributed by atoms with Gasteiger partial charge in [0.25, 0.3) is 0 Å². The summed E-state index contributed by atoms with van der Waals surface area (Å²) < 4.78 is 11.3. The highest BCUT2D eigenvalue weighted by molar-refractivity contribution is 5.27. The van der Waals surface area contributed by atoms with Crippen molar-refractivity contribution in [2.45, 2.75) is 45.1 Å². The second-order valence-electron chi connectivity index (χ2n) is 5.56. The number of aromatic nitrogens is 1. The first-order chi connectivity index (χ1) is 9.74. The summed E-state index contributed by atoms with van der Waals surface area (Å²) in [6, 6.07) is 3.82. The van der Waals surface area contributed by atoms with Gasteiger partial charge in [0.05, 0.1) is 24.9 Å². The molecule has 0 amide bonds. The predicted molar refractivity (Wildman–Crippen MR) is 74.4 cm³/mol. The lowest BCUT2D eigenvalue weighted by atomic mass is 10.0. The predicted octanol–water partition coefficient (Wildman–Crippen LogP) is 1.82. The van der Waals surface area contributed by atoms with Gasteiger partial charge >= 0.3 is 0 Å². The number of rotatable bonds is 3. The van der Waals surface area contributed by atoms with E-state index in [1.165, 1.54) is 12.8 Å². The molecular weight excluding hydrogens is 256 g/mol. The van der Waals surface area contributed by atoms with Crippen molar-refractivity contribution >= 4 is 0 Å². The molecule has 1 N–H and O–H groups in total. The molecule has 3 heterocycles. The van der Waals surface area contributed by atoms with Crippen LogP contribution in [0.1, 0.15) is 30.7 Å². The molecule has 5 nitrogen and oxygen atoms in total. The SMILES string of the molecule is Cc1ccc(O)c(CN2CCCCC2C2OCCO2)n1. The Labute approximate surface area is 119 Å². The molecule has 0 radical (unpaired) electrons. The second kappa shape index (κ2) is 6.08. The summed E-state index contributed by atoms with van der Waals surface area (Å²) in [4.78, 5) is 6.79. The minimum absolute atomic E-state index is 0.123. The van der Waals surface area contributed by atoms with E-state index in [1.807, 2.05) is 13.0 Å². The van der Waals surface area contributed by atoms with Crippen molar-refractivity contribution in [1.82, 2.24) is 9.88 Å². The number of hydrogen-bond acceptors (Lipinski definition) is 5. The van der Waals surface area contributed by atoms with Crippen LogP contribution >= 0.6 is 0 Å². The standard InChI is InChI=1S/C15H22N2O3/c1-11-5-6-14(18)12(16-11)10-17-7-3-2-4-13(17)15-19-8-9-20-15/h5-6,13,15,18H,2-4,7-10H2,1H3. The maximum absolute atomic E-state index is 9.97. The fourth-order valence-corrected chi connectivity index (χ4v) is 3.03. The Balaban J connectivity index is 1.74. The Kier molecular flexibility index (Phi) is 4.19. The van der Waals surface area contributed by atoms with E-state index < -0.39 is 0 Å². The van der Waals surface area contributed by atoms with Crippen LogP contribution < -0.4 is 0 Å². The zero-order valence-electron chi connectivity index (χ0n) is 11.9. The highest BCUT2D eigenvalue weighted by atomic mass is 16.7. The monoisotopic (exact) mass is 278 g/mol. The summed E-state index contributed by atoms with van der Waals surface area (Å²) in [5, 5.41) is 9.97. The number of hydrogen-bond donors (Lipinski definition) is 1. The van der Waals surface area contributed by atoms with Crippen LogP contribution in [0.3, 0.4) is 0 Å². The van der Waals surface area contributed by atoms with Crippen molar-refractivity contribution < 1.29 is 14.6 Å². The van der Waals surface area contributed by atoms with Gasteiger partial charge in [0, 0.05) is 12.2 Å². The van der Waals surface area contributed by atoms with Crippen molar-refractivity contribution in [1.29, 1.82) is 0 Å². The Hall–Kier alpha value is -1.17. The van der Waals surface area contributed by atoms with Gasteiger partial charge in [-0.3, -0.25) is 9.88 Å². The number of ether oxygens (including phenoxy) is 2. The van der Waals surface area contributed by atoms with Gasteiger partial charge in [-0.1, -0.05) is 6.42 Å². The average Bonchev–Trinajstić information content (AvgIpc) is 2.97. The van der Waals surface area contributed by atoms with Gasteiger partial charge in [0.2, 0.25) is 0 Å². The molecule has 1 aromatic rings. The molecule has 1 unspecified atom stereocenters. The largest absolute Gasteiger partial charge is 0.506 e. The highest BCUT2D eigenvalue weighted by Crippen LogP contribution is 2.27. The van der Waals surface area contributed by atoms with Crippen molar-refractivity contribution in [3.05, 3.63) is 23.5 Å². The summed E-state index contributed by atoms with van der Waals surface area (Å²) in [7, 11) is 0. The van der Waals surface area contributed by atoms with Crippen LogP contribution in [0.4, 0.5) is 0 Å². The van der Waals surface area contributed by atoms with Crippen LogP contribution in [0.25, 0.3) is 0 Å². The zero-order chi connectivity index (χ0) is 13.9. The third kappa shape index (κ3) is 2.95. The Bertz CT molecular complexity index is 460. The van der Waals surface area contributed by atoms with E-state index in [9.17, 15) is 5.11 Å². The Morgan fingerprint density at radius 3 is 2.90 bits per heavy atom. The lowest BCUT2D eigenvalue weighted by Gasteiger charge is -2.37. The summed E-state index contributed by atoms with van der Waals surface area (Å²) in [5.41, 5.74) is 1.68. The third-order valence-electron chi connectivity index (χ3n) is 4.07. The molecule has 0 bridgehead atoms. The third-order valence-corrected chi connectivity index (χ3v) is 4.07. The van der Waals surface area contributed by atoms with Crippen LogP contribution in [0.5, 0.6) is 5.75 Å². The summed E-state index contributed by atoms with van der Waals surface area (Å²) >= 11 is 0. The summed E-state index contributed by atoms with van der Waals surface area (Å²) in [5.74, 6) is 0.271. The van der Waals surface area contributed by atoms with Gasteiger partial charge in [-0.15, -0.1) is 0 Å². The first kappa shape index (κ1) is 13.8. The van der Waals surface area contributed by atoms with Crippen LogP contribution in [-0.4, -0.2) is 47.1 Å². The van der Waals surface area contributed by atoms with E-state index in [2.05, 4.69) is 9.88 Å². The zero-order valence-corrected chi connectivity index (χ0v) is 11.9. The van der Waals surface area contributed by atoms with E-state index in [4.69, 9.17) is 9.47 Å². The molecule has 2 saturated heterocycles. The molecule has 0 aromatic carbocycles. The quantitative estimate of drug-likeness (QED) is 0.914. The highest BCUT2D eigenvalue weighted by Gasteiger charge is 2.34. The first-order valence-corrected chi connectivity index (χ1v) is 7.37. The molecule has 0 aliphatic carbocycles. The van der Waals surface area contributed by atoms with Gasteiger partial charge in [-0.2, -0.15) is 0 Å². The van der Waals surface area contributed by atoms with Crippen molar-refractivity contribution in [2.75, 3.05) is 19.8 Å². The fourth-order valence-electron chi connectivity index (χ4n) is 3.03. The molecule has 0 spiro atoms. The van der Waals surface area contributed by atoms with Gasteiger partial charge in [0.15, 0.2) is 6.29 Å².